The van der Waals surface area contributed by atoms with Gasteiger partial charge in [0.15, 0.2) is 0 Å². The molecule has 0 radical (unpaired) electrons. The average molecular weight is 286 g/mol. The van der Waals surface area contributed by atoms with E-state index in [0.717, 1.165) is 5.76 Å². The number of nitrogens with one attached hydrogen (secondary N) is 1. The lowest BCUT2D eigenvalue weighted by atomic mass is 10.1. The second-order valence-electron chi connectivity index (χ2n) is 4.28. The Morgan fingerprint density at radius 1 is 1.38 bits per heavy atom. The van der Waals surface area contributed by atoms with Gasteiger partial charge in [0, 0.05) is 18.5 Å². The fraction of sp³-hybridized carbons (Fsp3) is 0.188. The fourth-order valence-electron chi connectivity index (χ4n) is 1.81. The van der Waals surface area contributed by atoms with E-state index in [9.17, 15) is 9.18 Å². The fourth-order valence-corrected chi connectivity index (χ4v) is 1.81. The van der Waals surface area contributed by atoms with E-state index in [4.69, 9.17) is 10.2 Å². The standard InChI is InChI=1S/C16H15FN2O2/c17-13-5-6-15(12(11-13)3-1-8-18)16(20)19-9-7-14-4-2-10-21-14/h2,4-6,10-11H,7-9,18H2,(H,19,20). The Labute approximate surface area is 122 Å². The van der Waals surface area contributed by atoms with E-state index < -0.39 is 5.82 Å². The highest BCUT2D eigenvalue weighted by Crippen LogP contribution is 2.10. The van der Waals surface area contributed by atoms with Gasteiger partial charge in [-0.2, -0.15) is 0 Å². The second kappa shape index (κ2) is 7.27. The first-order valence-electron chi connectivity index (χ1n) is 6.50. The molecule has 21 heavy (non-hydrogen) atoms. The average Bonchev–Trinajstić information content (AvgIpc) is 2.98. The van der Waals surface area contributed by atoms with Crippen molar-refractivity contribution >= 4 is 5.91 Å². The zero-order chi connectivity index (χ0) is 15.1. The van der Waals surface area contributed by atoms with Crippen LogP contribution in [0.5, 0.6) is 0 Å². The van der Waals surface area contributed by atoms with Crippen molar-refractivity contribution in [2.45, 2.75) is 6.42 Å². The smallest absolute Gasteiger partial charge is 0.252 e. The Morgan fingerprint density at radius 2 is 2.24 bits per heavy atom. The number of carbonyl (C=O) groups excluding carboxylic acids is 1. The van der Waals surface area contributed by atoms with Crippen LogP contribution < -0.4 is 11.1 Å². The molecule has 3 N–H and O–H groups in total. The van der Waals surface area contributed by atoms with Crippen molar-refractivity contribution in [3.8, 4) is 11.8 Å². The summed E-state index contributed by atoms with van der Waals surface area (Å²) in [6.45, 7) is 0.573. The molecule has 0 saturated heterocycles. The summed E-state index contributed by atoms with van der Waals surface area (Å²) in [6.07, 6.45) is 2.17. The summed E-state index contributed by atoms with van der Waals surface area (Å²) in [5.41, 5.74) is 5.96. The SMILES string of the molecule is NCC#Cc1cc(F)ccc1C(=O)NCCc1ccco1. The van der Waals surface area contributed by atoms with Crippen molar-refractivity contribution in [2.24, 2.45) is 5.73 Å². The quantitative estimate of drug-likeness (QED) is 0.841. The molecule has 1 amide bonds. The first kappa shape index (κ1) is 14.8. The third-order valence-electron chi connectivity index (χ3n) is 2.79. The Hall–Kier alpha value is -2.58. The summed E-state index contributed by atoms with van der Waals surface area (Å²) in [5.74, 6) is 5.37. The summed E-state index contributed by atoms with van der Waals surface area (Å²) in [4.78, 5) is 12.1. The van der Waals surface area contributed by atoms with E-state index in [1.807, 2.05) is 6.07 Å². The number of nitrogens with two attached hydrogens (primary N) is 1. The van der Waals surface area contributed by atoms with Crippen molar-refractivity contribution in [1.29, 1.82) is 0 Å². The highest BCUT2D eigenvalue weighted by atomic mass is 19.1. The molecule has 5 heteroatoms. The molecule has 2 aromatic rings. The van der Waals surface area contributed by atoms with Gasteiger partial charge in [-0.05, 0) is 30.3 Å². The first-order valence-corrected chi connectivity index (χ1v) is 6.50. The molecule has 1 heterocycles. The predicted molar refractivity (Wildman–Crippen MR) is 77.1 cm³/mol. The number of furan rings is 1. The molecule has 0 aliphatic heterocycles. The molecule has 0 aliphatic rings. The van der Waals surface area contributed by atoms with Gasteiger partial charge in [0.1, 0.15) is 11.6 Å². The number of hydrogen-bond donors (Lipinski definition) is 2. The first-order chi connectivity index (χ1) is 10.2. The van der Waals surface area contributed by atoms with Gasteiger partial charge in [-0.1, -0.05) is 11.8 Å². The van der Waals surface area contributed by atoms with E-state index in [2.05, 4.69) is 17.2 Å². The van der Waals surface area contributed by atoms with Crippen molar-refractivity contribution in [3.63, 3.8) is 0 Å². The third kappa shape index (κ3) is 4.20. The van der Waals surface area contributed by atoms with E-state index >= 15 is 0 Å². The molecule has 0 bridgehead atoms. The van der Waals surface area contributed by atoms with Crippen LogP contribution in [0, 0.1) is 17.7 Å². The van der Waals surface area contributed by atoms with Gasteiger partial charge in [-0.25, -0.2) is 4.39 Å². The molecule has 1 aromatic carbocycles. The number of amides is 1. The van der Waals surface area contributed by atoms with Crippen LogP contribution in [0.3, 0.4) is 0 Å². The number of rotatable bonds is 4. The van der Waals surface area contributed by atoms with E-state index in [1.54, 1.807) is 12.3 Å². The molecule has 0 fully saturated rings. The topological polar surface area (TPSA) is 68.3 Å². The maximum atomic E-state index is 13.2. The van der Waals surface area contributed by atoms with Crippen molar-refractivity contribution in [2.75, 3.05) is 13.1 Å². The molecule has 2 rings (SSSR count). The van der Waals surface area contributed by atoms with Crippen LogP contribution >= 0.6 is 0 Å². The normalized spacial score (nSPS) is 9.81. The lowest BCUT2D eigenvalue weighted by Gasteiger charge is -2.06. The molecule has 0 unspecified atom stereocenters. The highest BCUT2D eigenvalue weighted by Gasteiger charge is 2.11. The van der Waals surface area contributed by atoms with Crippen molar-refractivity contribution in [1.82, 2.24) is 5.32 Å². The lowest BCUT2D eigenvalue weighted by molar-refractivity contribution is 0.0953. The van der Waals surface area contributed by atoms with Gasteiger partial charge in [0.2, 0.25) is 0 Å². The van der Waals surface area contributed by atoms with Crippen LogP contribution in [0.15, 0.2) is 41.0 Å². The molecule has 1 aromatic heterocycles. The molecule has 108 valence electrons. The van der Waals surface area contributed by atoms with Gasteiger partial charge in [-0.15, -0.1) is 0 Å². The summed E-state index contributed by atoms with van der Waals surface area (Å²) >= 11 is 0. The zero-order valence-corrected chi connectivity index (χ0v) is 11.4. The lowest BCUT2D eigenvalue weighted by Crippen LogP contribution is -2.26. The van der Waals surface area contributed by atoms with E-state index in [-0.39, 0.29) is 12.5 Å². The molecule has 0 atom stereocenters. The van der Waals surface area contributed by atoms with Gasteiger partial charge in [0.05, 0.1) is 18.4 Å². The Kier molecular flexibility index (Phi) is 5.13. The van der Waals surface area contributed by atoms with Crippen LogP contribution in [0.2, 0.25) is 0 Å². The van der Waals surface area contributed by atoms with Crippen molar-refractivity contribution < 1.29 is 13.6 Å². The molecule has 0 aliphatic carbocycles. The Balaban J connectivity index is 2.04. The monoisotopic (exact) mass is 286 g/mol. The Morgan fingerprint density at radius 3 is 2.95 bits per heavy atom. The summed E-state index contributed by atoms with van der Waals surface area (Å²) in [7, 11) is 0. The molecule has 0 spiro atoms. The zero-order valence-electron chi connectivity index (χ0n) is 11.4. The summed E-state index contributed by atoms with van der Waals surface area (Å²) in [5, 5.41) is 2.75. The molecule has 0 saturated carbocycles. The maximum absolute atomic E-state index is 13.2. The summed E-state index contributed by atoms with van der Waals surface area (Å²) in [6, 6.07) is 7.50. The third-order valence-corrected chi connectivity index (χ3v) is 2.79. The van der Waals surface area contributed by atoms with Crippen LogP contribution in [0.25, 0.3) is 0 Å². The number of benzene rings is 1. The minimum Gasteiger partial charge on any atom is -0.469 e. The van der Waals surface area contributed by atoms with Gasteiger partial charge < -0.3 is 15.5 Å². The van der Waals surface area contributed by atoms with E-state index in [0.29, 0.717) is 24.1 Å². The number of hydrogen-bond acceptors (Lipinski definition) is 3. The van der Waals surface area contributed by atoms with Crippen molar-refractivity contribution in [3.05, 3.63) is 59.3 Å². The van der Waals surface area contributed by atoms with E-state index in [1.165, 1.54) is 18.2 Å². The Bertz CT molecular complexity index is 669. The van der Waals surface area contributed by atoms with Crippen LogP contribution in [0.1, 0.15) is 21.7 Å². The summed E-state index contributed by atoms with van der Waals surface area (Å²) < 4.78 is 18.4. The van der Waals surface area contributed by atoms with Crippen LogP contribution in [-0.4, -0.2) is 19.0 Å². The van der Waals surface area contributed by atoms with Crippen LogP contribution in [-0.2, 0) is 6.42 Å². The van der Waals surface area contributed by atoms with Crippen LogP contribution in [0.4, 0.5) is 4.39 Å². The number of halogens is 1. The van der Waals surface area contributed by atoms with Gasteiger partial charge in [-0.3, -0.25) is 4.79 Å². The van der Waals surface area contributed by atoms with Gasteiger partial charge >= 0.3 is 0 Å². The number of carbonyl (C=O) groups is 1. The minimum absolute atomic E-state index is 0.149. The molecular weight excluding hydrogens is 271 g/mol. The van der Waals surface area contributed by atoms with Gasteiger partial charge in [0.25, 0.3) is 5.91 Å². The predicted octanol–water partition coefficient (Wildman–Crippen LogP) is 1.70. The maximum Gasteiger partial charge on any atom is 0.252 e. The molecule has 4 nitrogen and oxygen atoms in total. The largest absolute Gasteiger partial charge is 0.469 e. The highest BCUT2D eigenvalue weighted by molar-refractivity contribution is 5.96. The minimum atomic E-state index is -0.441. The second-order valence-corrected chi connectivity index (χ2v) is 4.28. The molecular formula is C16H15FN2O2.